The van der Waals surface area contributed by atoms with Crippen molar-refractivity contribution < 1.29 is 23.7 Å². The second kappa shape index (κ2) is 17.6. The van der Waals surface area contributed by atoms with Gasteiger partial charge in [0.25, 0.3) is 11.1 Å². The summed E-state index contributed by atoms with van der Waals surface area (Å²) in [4.78, 5) is 42.9. The summed E-state index contributed by atoms with van der Waals surface area (Å²) in [6.07, 6.45) is 5.27. The van der Waals surface area contributed by atoms with Gasteiger partial charge in [-0.3, -0.25) is 14.4 Å². The van der Waals surface area contributed by atoms with Crippen LogP contribution in [0.2, 0.25) is 0 Å². The number of aryl methyl sites for hydroxylation is 2. The number of benzene rings is 2. The first kappa shape index (κ1) is 41.1. The molecule has 1 N–H and O–H groups in total. The number of fused-ring (bicyclic) bond motifs is 2. The molecule has 2 aromatic heterocycles. The van der Waals surface area contributed by atoms with Crippen LogP contribution in [0.25, 0.3) is 22.3 Å². The van der Waals surface area contributed by atoms with Gasteiger partial charge in [-0.2, -0.15) is 0 Å². The van der Waals surface area contributed by atoms with Crippen molar-refractivity contribution in [3.63, 3.8) is 0 Å². The van der Waals surface area contributed by atoms with E-state index in [-0.39, 0.29) is 17.0 Å². The Bertz CT molecular complexity index is 2120. The van der Waals surface area contributed by atoms with Crippen LogP contribution in [0, 0.1) is 0 Å². The number of carbonyl (C=O) groups is 1. The number of ether oxygens (including phenoxy) is 4. The summed E-state index contributed by atoms with van der Waals surface area (Å²) < 4.78 is 25.9. The summed E-state index contributed by atoms with van der Waals surface area (Å²) in [5, 5.41) is 3.30. The Morgan fingerprint density at radius 1 is 0.673 bits per heavy atom. The maximum absolute atomic E-state index is 12.8. The molecule has 0 saturated heterocycles. The molecule has 0 aliphatic carbocycles. The lowest BCUT2D eigenvalue weighted by molar-refractivity contribution is -0.129. The molecule has 2 aliphatic rings. The first-order valence-electron chi connectivity index (χ1n) is 18.4. The van der Waals surface area contributed by atoms with Crippen molar-refractivity contribution in [3.8, 4) is 45.3 Å². The standard InChI is InChI=1S/C22H29N3O4.C20H27N3O3/c1-14(26)25-8-7-16-17(12-24(4)22(27)18(16)13-25)15-9-20(28-5)19(11-23(2)3)21(10-15)29-6;1-22(2)11-17-18(25-4)8-13(9-19(17)26-5)16-12-23(3)20(24)15-10-21-7-6-14(15)16/h9-10,12H,7-8,11,13H2,1-6H3;8-9,12,21H,6-7,10-11H2,1-5H3. The first-order chi connectivity index (χ1) is 26.2. The van der Waals surface area contributed by atoms with Crippen LogP contribution in [0.5, 0.6) is 23.0 Å². The Morgan fingerprint density at radius 2 is 1.09 bits per heavy atom. The van der Waals surface area contributed by atoms with Crippen molar-refractivity contribution in [2.75, 3.05) is 69.7 Å². The molecule has 0 atom stereocenters. The van der Waals surface area contributed by atoms with Crippen LogP contribution < -0.4 is 35.4 Å². The molecule has 0 saturated carbocycles. The van der Waals surface area contributed by atoms with Crippen molar-refractivity contribution in [1.29, 1.82) is 0 Å². The number of rotatable bonds is 10. The van der Waals surface area contributed by atoms with E-state index in [0.717, 1.165) is 92.6 Å². The van der Waals surface area contributed by atoms with Crippen molar-refractivity contribution in [2.24, 2.45) is 14.1 Å². The van der Waals surface area contributed by atoms with Gasteiger partial charge in [-0.25, -0.2) is 0 Å². The molecule has 0 unspecified atom stereocenters. The summed E-state index contributed by atoms with van der Waals surface area (Å²) in [5.41, 5.74) is 9.64. The van der Waals surface area contributed by atoms with Crippen LogP contribution in [0.3, 0.4) is 0 Å². The SMILES string of the molecule is COc1cc(-c2cn(C)c(=O)c3c2CCN(C(C)=O)C3)cc(OC)c1CN(C)C.COc1cc(-c2cn(C)c(=O)c3c2CCNC3)cc(OC)c1CN(C)C. The number of pyridine rings is 2. The van der Waals surface area contributed by atoms with Crippen molar-refractivity contribution in [3.05, 3.63) is 90.7 Å². The molecule has 13 heteroatoms. The molecule has 0 fully saturated rings. The first-order valence-corrected chi connectivity index (χ1v) is 18.4. The highest BCUT2D eigenvalue weighted by atomic mass is 16.5. The predicted molar refractivity (Wildman–Crippen MR) is 215 cm³/mol. The molecular weight excluding hydrogens is 700 g/mol. The Labute approximate surface area is 324 Å². The monoisotopic (exact) mass is 756 g/mol. The second-order valence-electron chi connectivity index (χ2n) is 14.6. The molecular formula is C42H56N6O7. The van der Waals surface area contributed by atoms with Crippen LogP contribution >= 0.6 is 0 Å². The number of methoxy groups -OCH3 is 4. The van der Waals surface area contributed by atoms with Gasteiger partial charge in [0.1, 0.15) is 23.0 Å². The van der Waals surface area contributed by atoms with Gasteiger partial charge in [0.05, 0.1) is 46.1 Å². The third-order valence-electron chi connectivity index (χ3n) is 10.2. The van der Waals surface area contributed by atoms with E-state index in [0.29, 0.717) is 38.2 Å². The van der Waals surface area contributed by atoms with Gasteiger partial charge in [0, 0.05) is 81.8 Å². The summed E-state index contributed by atoms with van der Waals surface area (Å²) in [6, 6.07) is 8.09. The van der Waals surface area contributed by atoms with Gasteiger partial charge in [0.15, 0.2) is 0 Å². The van der Waals surface area contributed by atoms with E-state index in [1.54, 1.807) is 63.5 Å². The summed E-state index contributed by atoms with van der Waals surface area (Å²) in [5.74, 6) is 3.07. The van der Waals surface area contributed by atoms with E-state index in [4.69, 9.17) is 18.9 Å². The largest absolute Gasteiger partial charge is 0.496 e. The van der Waals surface area contributed by atoms with Gasteiger partial charge >= 0.3 is 0 Å². The van der Waals surface area contributed by atoms with Crippen molar-refractivity contribution >= 4 is 5.91 Å². The number of hydrogen-bond donors (Lipinski definition) is 1. The third-order valence-corrected chi connectivity index (χ3v) is 10.2. The number of hydrogen-bond acceptors (Lipinski definition) is 10. The van der Waals surface area contributed by atoms with E-state index in [2.05, 4.69) is 15.1 Å². The highest BCUT2D eigenvalue weighted by Crippen LogP contribution is 2.39. The van der Waals surface area contributed by atoms with E-state index in [9.17, 15) is 14.4 Å². The minimum absolute atomic E-state index is 0.0144. The Hall–Kier alpha value is -5.11. The number of nitrogens with zero attached hydrogens (tertiary/aromatic N) is 5. The normalized spacial score (nSPS) is 13.5. The molecule has 4 aromatic rings. The van der Waals surface area contributed by atoms with Gasteiger partial charge in [0.2, 0.25) is 5.91 Å². The van der Waals surface area contributed by atoms with Gasteiger partial charge in [-0.1, -0.05) is 0 Å². The lowest BCUT2D eigenvalue weighted by Gasteiger charge is -2.29. The maximum atomic E-state index is 12.8. The van der Waals surface area contributed by atoms with E-state index in [1.807, 2.05) is 64.8 Å². The maximum Gasteiger partial charge on any atom is 0.255 e. The topological polar surface area (TPSA) is 120 Å². The minimum atomic E-state index is -0.0575. The molecule has 0 radical (unpaired) electrons. The zero-order chi connectivity index (χ0) is 40.1. The average Bonchev–Trinajstić information content (AvgIpc) is 3.17. The highest BCUT2D eigenvalue weighted by Gasteiger charge is 2.26. The minimum Gasteiger partial charge on any atom is -0.496 e. The summed E-state index contributed by atoms with van der Waals surface area (Å²) in [7, 11) is 18.2. The predicted octanol–water partition coefficient (Wildman–Crippen LogP) is 3.81. The lowest BCUT2D eigenvalue weighted by atomic mass is 9.91. The van der Waals surface area contributed by atoms with Crippen LogP contribution in [0.1, 0.15) is 40.3 Å². The molecule has 0 spiro atoms. The second-order valence-corrected chi connectivity index (χ2v) is 14.6. The fourth-order valence-corrected chi connectivity index (χ4v) is 7.52. The van der Waals surface area contributed by atoms with Crippen LogP contribution in [0.15, 0.2) is 46.2 Å². The number of aromatic nitrogens is 2. The number of carbonyl (C=O) groups excluding carboxylic acids is 1. The van der Waals surface area contributed by atoms with Crippen molar-refractivity contribution in [2.45, 2.75) is 45.9 Å². The Morgan fingerprint density at radius 3 is 1.49 bits per heavy atom. The quantitative estimate of drug-likeness (QED) is 0.256. The van der Waals surface area contributed by atoms with Crippen LogP contribution in [-0.4, -0.2) is 99.5 Å². The molecule has 0 bridgehead atoms. The smallest absolute Gasteiger partial charge is 0.255 e. The van der Waals surface area contributed by atoms with E-state index >= 15 is 0 Å². The van der Waals surface area contributed by atoms with Crippen molar-refractivity contribution in [1.82, 2.24) is 29.2 Å². The third kappa shape index (κ3) is 8.74. The zero-order valence-electron chi connectivity index (χ0n) is 34.2. The van der Waals surface area contributed by atoms with E-state index in [1.165, 1.54) is 0 Å². The fourth-order valence-electron chi connectivity index (χ4n) is 7.52. The number of amides is 1. The summed E-state index contributed by atoms with van der Waals surface area (Å²) >= 11 is 0. The number of nitrogens with one attached hydrogen (secondary N) is 1. The Kier molecular flexibility index (Phi) is 13.1. The van der Waals surface area contributed by atoms with Gasteiger partial charge in [-0.05, 0) is 94.1 Å². The molecule has 1 amide bonds. The van der Waals surface area contributed by atoms with Crippen LogP contribution in [-0.2, 0) is 57.9 Å². The molecule has 6 rings (SSSR count). The highest BCUT2D eigenvalue weighted by molar-refractivity contribution is 5.76. The van der Waals surface area contributed by atoms with Crippen LogP contribution in [0.4, 0.5) is 0 Å². The molecule has 4 heterocycles. The summed E-state index contributed by atoms with van der Waals surface area (Å²) in [6.45, 7) is 5.39. The molecule has 55 heavy (non-hydrogen) atoms. The molecule has 13 nitrogen and oxygen atoms in total. The molecule has 296 valence electrons. The fraction of sp³-hybridized carbons (Fsp3) is 0.452. The van der Waals surface area contributed by atoms with E-state index < -0.39 is 0 Å². The van der Waals surface area contributed by atoms with Gasteiger partial charge in [-0.15, -0.1) is 0 Å². The average molecular weight is 757 g/mol. The molecule has 2 aliphatic heterocycles. The zero-order valence-corrected chi connectivity index (χ0v) is 34.2. The molecule has 2 aromatic carbocycles. The lowest BCUT2D eigenvalue weighted by Crippen LogP contribution is -2.39. The Balaban J connectivity index is 0.000000212. The van der Waals surface area contributed by atoms with Gasteiger partial charge < -0.3 is 48.1 Å².